The Labute approximate surface area is 144 Å². The zero-order valence-electron chi connectivity index (χ0n) is 14.8. The third-order valence-corrected chi connectivity index (χ3v) is 4.56. The van der Waals surface area contributed by atoms with Crippen LogP contribution in [0.25, 0.3) is 0 Å². The molecule has 1 N–H and O–H groups in total. The maximum Gasteiger partial charge on any atom is 0.221 e. The Morgan fingerprint density at radius 2 is 1.83 bits per heavy atom. The summed E-state index contributed by atoms with van der Waals surface area (Å²) in [5.74, 6) is 0.926. The molecule has 0 aliphatic carbocycles. The van der Waals surface area contributed by atoms with Gasteiger partial charge in [-0.15, -0.1) is 0 Å². The molecule has 0 fully saturated rings. The molecular weight excluding hydrogens is 332 g/mol. The number of carbonyl (C=O) groups excluding carboxylic acids is 1. The third kappa shape index (κ3) is 6.37. The normalized spacial score (nSPS) is 11.6. The predicted molar refractivity (Wildman–Crippen MR) is 92.7 cm³/mol. The van der Waals surface area contributed by atoms with Crippen LogP contribution in [-0.4, -0.2) is 51.7 Å². The average Bonchev–Trinajstić information content (AvgIpc) is 2.49. The molecular formula is C16H26N2O5S. The fourth-order valence-corrected chi connectivity index (χ4v) is 2.97. The molecule has 0 spiro atoms. The number of nitrogens with one attached hydrogen (secondary N) is 1. The van der Waals surface area contributed by atoms with E-state index in [9.17, 15) is 13.2 Å². The molecule has 0 atom stereocenters. The molecule has 8 heteroatoms. The van der Waals surface area contributed by atoms with Gasteiger partial charge in [-0.1, -0.05) is 6.07 Å². The minimum atomic E-state index is -3.44. The van der Waals surface area contributed by atoms with E-state index in [2.05, 4.69) is 5.32 Å². The number of amides is 1. The smallest absolute Gasteiger partial charge is 0.221 e. The Morgan fingerprint density at radius 1 is 1.21 bits per heavy atom. The van der Waals surface area contributed by atoms with Crippen LogP contribution in [0.15, 0.2) is 18.2 Å². The molecule has 24 heavy (non-hydrogen) atoms. The third-order valence-electron chi connectivity index (χ3n) is 3.31. The van der Waals surface area contributed by atoms with Gasteiger partial charge in [0.05, 0.1) is 20.5 Å². The Balaban J connectivity index is 2.86. The van der Waals surface area contributed by atoms with Gasteiger partial charge in [-0.3, -0.25) is 4.79 Å². The molecule has 1 rings (SSSR count). The van der Waals surface area contributed by atoms with Crippen LogP contribution in [0.3, 0.4) is 0 Å². The summed E-state index contributed by atoms with van der Waals surface area (Å²) in [6.45, 7) is 3.99. The first kappa shape index (κ1) is 20.2. The van der Waals surface area contributed by atoms with Gasteiger partial charge in [-0.25, -0.2) is 8.42 Å². The van der Waals surface area contributed by atoms with Crippen molar-refractivity contribution in [3.63, 3.8) is 0 Å². The second-order valence-electron chi connectivity index (χ2n) is 5.76. The topological polar surface area (TPSA) is 84.9 Å². The summed E-state index contributed by atoms with van der Waals surface area (Å²) in [6.07, 6.45) is 1.24. The summed E-state index contributed by atoms with van der Waals surface area (Å²) in [5.41, 5.74) is 0.752. The number of hydrogen-bond donors (Lipinski definition) is 1. The molecule has 0 aliphatic rings. The highest BCUT2D eigenvalue weighted by molar-refractivity contribution is 7.88. The van der Waals surface area contributed by atoms with E-state index < -0.39 is 10.0 Å². The van der Waals surface area contributed by atoms with Crippen molar-refractivity contribution in [2.45, 2.75) is 32.9 Å². The first-order chi connectivity index (χ1) is 11.2. The summed E-state index contributed by atoms with van der Waals surface area (Å²) >= 11 is 0. The second-order valence-corrected chi connectivity index (χ2v) is 7.74. The lowest BCUT2D eigenvalue weighted by atomic mass is 10.2. The highest BCUT2D eigenvalue weighted by Crippen LogP contribution is 2.28. The molecule has 0 saturated carbocycles. The number of hydrogen-bond acceptors (Lipinski definition) is 5. The summed E-state index contributed by atoms with van der Waals surface area (Å²) in [7, 11) is -0.386. The summed E-state index contributed by atoms with van der Waals surface area (Å²) in [6, 6.07) is 5.24. The van der Waals surface area contributed by atoms with Gasteiger partial charge in [0.2, 0.25) is 15.9 Å². The number of ether oxygens (including phenoxy) is 2. The van der Waals surface area contributed by atoms with Crippen LogP contribution in [0.5, 0.6) is 11.5 Å². The largest absolute Gasteiger partial charge is 0.493 e. The van der Waals surface area contributed by atoms with Crippen LogP contribution in [0.2, 0.25) is 0 Å². The Morgan fingerprint density at radius 3 is 2.33 bits per heavy atom. The molecule has 1 aromatic carbocycles. The van der Waals surface area contributed by atoms with E-state index in [1.165, 1.54) is 18.5 Å². The van der Waals surface area contributed by atoms with Gasteiger partial charge in [-0.2, -0.15) is 4.31 Å². The number of carbonyl (C=O) groups is 1. The van der Waals surface area contributed by atoms with Crippen LogP contribution < -0.4 is 14.8 Å². The van der Waals surface area contributed by atoms with Crippen molar-refractivity contribution in [3.8, 4) is 11.5 Å². The first-order valence-electron chi connectivity index (χ1n) is 7.62. The second kappa shape index (κ2) is 8.89. The van der Waals surface area contributed by atoms with E-state index in [1.54, 1.807) is 18.2 Å². The van der Waals surface area contributed by atoms with E-state index >= 15 is 0 Å². The molecule has 0 radical (unpaired) electrons. The minimum absolute atomic E-state index is 0.0232. The average molecular weight is 358 g/mol. The number of methoxy groups -OCH3 is 2. The monoisotopic (exact) mass is 358 g/mol. The van der Waals surface area contributed by atoms with Gasteiger partial charge in [-0.05, 0) is 31.5 Å². The maximum atomic E-state index is 12.0. The van der Waals surface area contributed by atoms with Crippen LogP contribution in [0.4, 0.5) is 0 Å². The van der Waals surface area contributed by atoms with Crippen molar-refractivity contribution < 1.29 is 22.7 Å². The molecule has 1 aromatic rings. The highest BCUT2D eigenvalue weighted by Gasteiger charge is 2.19. The van der Waals surface area contributed by atoms with Crippen molar-refractivity contribution in [1.29, 1.82) is 0 Å². The van der Waals surface area contributed by atoms with Crippen molar-refractivity contribution >= 4 is 15.9 Å². The SMILES string of the molecule is COc1ccc(CN(CCC(=O)NC(C)C)S(C)(=O)=O)cc1OC. The standard InChI is InChI=1S/C16H26N2O5S/c1-12(2)17-16(19)8-9-18(24(5,20)21)11-13-6-7-14(22-3)15(10-13)23-4/h6-7,10,12H,8-9,11H2,1-5H3,(H,17,19). The molecule has 136 valence electrons. The fraction of sp³-hybridized carbons (Fsp3) is 0.562. The van der Waals surface area contributed by atoms with Crippen LogP contribution in [0.1, 0.15) is 25.8 Å². The number of benzene rings is 1. The zero-order chi connectivity index (χ0) is 18.3. The molecule has 0 aromatic heterocycles. The molecule has 0 bridgehead atoms. The van der Waals surface area contributed by atoms with Gasteiger partial charge >= 0.3 is 0 Å². The number of sulfonamides is 1. The first-order valence-corrected chi connectivity index (χ1v) is 9.47. The summed E-state index contributed by atoms with van der Waals surface area (Å²) in [4.78, 5) is 11.8. The van der Waals surface area contributed by atoms with Crippen molar-refractivity contribution in [1.82, 2.24) is 9.62 Å². The predicted octanol–water partition coefficient (Wildman–Crippen LogP) is 1.38. The van der Waals surface area contributed by atoms with Crippen LogP contribution in [0, 0.1) is 0 Å². The van der Waals surface area contributed by atoms with Crippen molar-refractivity contribution in [2.75, 3.05) is 27.0 Å². The quantitative estimate of drug-likeness (QED) is 0.721. The Kier molecular flexibility index (Phi) is 7.50. The molecule has 7 nitrogen and oxygen atoms in total. The van der Waals surface area contributed by atoms with Gasteiger partial charge < -0.3 is 14.8 Å². The number of nitrogens with zero attached hydrogens (tertiary/aromatic N) is 1. The lowest BCUT2D eigenvalue weighted by molar-refractivity contribution is -0.121. The molecule has 0 unspecified atom stereocenters. The van der Waals surface area contributed by atoms with Crippen molar-refractivity contribution in [2.24, 2.45) is 0 Å². The highest BCUT2D eigenvalue weighted by atomic mass is 32.2. The molecule has 0 aliphatic heterocycles. The lowest BCUT2D eigenvalue weighted by Crippen LogP contribution is -2.36. The van der Waals surface area contributed by atoms with Gasteiger partial charge in [0, 0.05) is 25.6 Å². The minimum Gasteiger partial charge on any atom is -0.493 e. The Bertz CT molecular complexity index is 658. The Hall–Kier alpha value is -1.80. The molecule has 0 saturated heterocycles. The van der Waals surface area contributed by atoms with E-state index in [0.717, 1.165) is 11.8 Å². The van der Waals surface area contributed by atoms with Gasteiger partial charge in [0.1, 0.15) is 0 Å². The van der Waals surface area contributed by atoms with Crippen molar-refractivity contribution in [3.05, 3.63) is 23.8 Å². The molecule has 1 amide bonds. The van der Waals surface area contributed by atoms with E-state index in [-0.39, 0.29) is 31.5 Å². The fourth-order valence-electron chi connectivity index (χ4n) is 2.17. The van der Waals surface area contributed by atoms with Crippen LogP contribution >= 0.6 is 0 Å². The van der Waals surface area contributed by atoms with Gasteiger partial charge in [0.15, 0.2) is 11.5 Å². The van der Waals surface area contributed by atoms with Gasteiger partial charge in [0.25, 0.3) is 0 Å². The maximum absolute atomic E-state index is 12.0. The van der Waals surface area contributed by atoms with Crippen LogP contribution in [-0.2, 0) is 21.4 Å². The zero-order valence-corrected chi connectivity index (χ0v) is 15.6. The van der Waals surface area contributed by atoms with E-state index in [4.69, 9.17) is 9.47 Å². The lowest BCUT2D eigenvalue weighted by Gasteiger charge is -2.21. The summed E-state index contributed by atoms with van der Waals surface area (Å²) < 4.78 is 35.6. The van der Waals surface area contributed by atoms with E-state index in [1.807, 2.05) is 13.8 Å². The summed E-state index contributed by atoms with van der Waals surface area (Å²) in [5, 5.41) is 2.75. The molecule has 0 heterocycles. The number of rotatable bonds is 9. The van der Waals surface area contributed by atoms with E-state index in [0.29, 0.717) is 11.5 Å².